The number of non-ortho nitro benzene ring substituents is 4. The van der Waals surface area contributed by atoms with E-state index in [2.05, 4.69) is 9.68 Å². The quantitative estimate of drug-likeness (QED) is 0.0410. The van der Waals surface area contributed by atoms with Gasteiger partial charge in [-0.15, -0.1) is 14.5 Å². The van der Waals surface area contributed by atoms with Gasteiger partial charge in [-0.25, -0.2) is 24.0 Å². The Morgan fingerprint density at radius 3 is 1.42 bits per heavy atom. The molecule has 0 atom stereocenters. The van der Waals surface area contributed by atoms with Crippen molar-refractivity contribution >= 4 is 116 Å². The SMILES string of the molecule is O=C(O[N+](=O)c1cc([N+](=O)[O-])ccc1C(=O)O[N+](=O)c1cc([N+](=O)[O-])cc(C(=O)OC(=O)c2cc([N+](=O)OC(=O)c3cc(Cl)ccc3Cl)ccc2Cl)c1Cl)c1cc([N+](=O)[O-])cc([N+](=O)[O-])c1. The molecule has 27 nitrogen and oxygen atoms in total. The summed E-state index contributed by atoms with van der Waals surface area (Å²) < 4.78 is 4.73. The van der Waals surface area contributed by atoms with Gasteiger partial charge in [0.05, 0.1) is 84.9 Å². The minimum absolute atomic E-state index is 0.0549. The minimum atomic E-state index is -1.94. The van der Waals surface area contributed by atoms with Crippen molar-refractivity contribution in [2.24, 2.45) is 0 Å². The number of nitrogens with zero attached hydrogens (tertiary/aromatic N) is 7. The first-order valence-corrected chi connectivity index (χ1v) is 18.3. The van der Waals surface area contributed by atoms with Crippen LogP contribution >= 0.6 is 46.4 Å². The fraction of sp³-hybridized carbons (Fsp3) is 0. The van der Waals surface area contributed by atoms with Crippen molar-refractivity contribution in [3.05, 3.63) is 188 Å². The molecule has 0 radical (unpaired) electrons. The van der Waals surface area contributed by atoms with Crippen LogP contribution in [0.5, 0.6) is 0 Å². The number of nitro groups is 4. The summed E-state index contributed by atoms with van der Waals surface area (Å²) in [7, 11) is 0. The number of halogens is 4. The smallest absolute Gasteiger partial charge is 0.386 e. The highest BCUT2D eigenvalue weighted by atomic mass is 35.5. The van der Waals surface area contributed by atoms with Crippen LogP contribution in [0, 0.1) is 55.2 Å². The number of carbonyl (C=O) groups excluding carboxylic acids is 5. The molecular weight excluding hydrogens is 980 g/mol. The summed E-state index contributed by atoms with van der Waals surface area (Å²) in [6.45, 7) is 0. The summed E-state index contributed by atoms with van der Waals surface area (Å²) in [5, 5.41) is 44.1. The van der Waals surface area contributed by atoms with Gasteiger partial charge in [-0.05, 0) is 30.3 Å². The molecule has 0 aliphatic heterocycles. The lowest BCUT2D eigenvalue weighted by molar-refractivity contribution is -0.717. The molecule has 0 heterocycles. The second kappa shape index (κ2) is 19.7. The van der Waals surface area contributed by atoms with Crippen LogP contribution in [0.2, 0.25) is 20.1 Å². The third-order valence-corrected chi connectivity index (χ3v) is 9.34. The van der Waals surface area contributed by atoms with Crippen LogP contribution in [0.1, 0.15) is 51.8 Å². The molecule has 0 unspecified atom stereocenters. The van der Waals surface area contributed by atoms with Gasteiger partial charge < -0.3 is 4.74 Å². The van der Waals surface area contributed by atoms with E-state index in [-0.39, 0.29) is 20.5 Å². The highest BCUT2D eigenvalue weighted by molar-refractivity contribution is 6.37. The Morgan fingerprint density at radius 1 is 0.394 bits per heavy atom. The first-order valence-electron chi connectivity index (χ1n) is 16.8. The Balaban J connectivity index is 1.40. The van der Waals surface area contributed by atoms with Crippen molar-refractivity contribution in [2.45, 2.75) is 0 Å². The number of benzene rings is 5. The van der Waals surface area contributed by atoms with E-state index in [9.17, 15) is 79.2 Å². The fourth-order valence-electron chi connectivity index (χ4n) is 5.02. The van der Waals surface area contributed by atoms with Gasteiger partial charge in [-0.3, -0.25) is 40.5 Å². The number of esters is 2. The molecule has 5 aromatic rings. The Hall–Kier alpha value is -8.79. The predicted octanol–water partition coefficient (Wildman–Crippen LogP) is 8.48. The van der Waals surface area contributed by atoms with Crippen LogP contribution in [0.3, 0.4) is 0 Å². The Kier molecular flexibility index (Phi) is 14.4. The summed E-state index contributed by atoms with van der Waals surface area (Å²) in [5.41, 5.74) is -11.5. The normalized spacial score (nSPS) is 10.5. The van der Waals surface area contributed by atoms with Crippen molar-refractivity contribution < 1.29 is 77.7 Å². The molecule has 334 valence electrons. The maximum atomic E-state index is 13.3. The summed E-state index contributed by atoms with van der Waals surface area (Å²) in [6.07, 6.45) is 0. The molecule has 31 heteroatoms. The van der Waals surface area contributed by atoms with Gasteiger partial charge in [-0.1, -0.05) is 46.4 Å². The zero-order chi connectivity index (χ0) is 48.9. The largest absolute Gasteiger partial charge is 0.423 e. The topological polar surface area (TPSA) is 355 Å². The third kappa shape index (κ3) is 10.9. The minimum Gasteiger partial charge on any atom is -0.386 e. The Morgan fingerprint density at radius 2 is 0.833 bits per heavy atom. The van der Waals surface area contributed by atoms with Crippen LogP contribution in [-0.4, -0.2) is 64.3 Å². The zero-order valence-corrected chi connectivity index (χ0v) is 34.4. The predicted molar refractivity (Wildman–Crippen MR) is 215 cm³/mol. The number of rotatable bonds is 15. The molecule has 5 aromatic carbocycles. The number of hydrogen-bond acceptors (Lipinski definition) is 20. The monoisotopic (exact) mass is 992 g/mol. The van der Waals surface area contributed by atoms with E-state index < -0.39 is 131 Å². The van der Waals surface area contributed by atoms with E-state index in [1.54, 1.807) is 0 Å². The standard InChI is InChI=1S/C35H14Cl4N7O20/c36-16-1-5-26(37)23(9-16)35(51)65-44(60)18-3-6-27(38)24(11-18)32(48)63-33(49)25-12-21(43(58)59)14-29(30(25)39)46(62)66-34(50)22-4-2-17(40(52)53)13-28(22)45(61)64-31(47)15-7-19(41(54)55)10-20(8-15)42(56)57/h1-14H/q+3. The molecular formula is C35H14Cl4N7O20+3. The lowest BCUT2D eigenvalue weighted by Gasteiger charge is -2.06. The highest BCUT2D eigenvalue weighted by Gasteiger charge is 2.39. The fourth-order valence-corrected chi connectivity index (χ4v) is 5.84. The van der Waals surface area contributed by atoms with Gasteiger partial charge in [0.25, 0.3) is 37.5 Å². The van der Waals surface area contributed by atoms with Crippen molar-refractivity contribution in [1.29, 1.82) is 0 Å². The van der Waals surface area contributed by atoms with Gasteiger partial charge in [0.2, 0.25) is 0 Å². The number of carbonyl (C=O) groups is 5. The molecule has 66 heavy (non-hydrogen) atoms. The Labute approximate surface area is 380 Å². The zero-order valence-electron chi connectivity index (χ0n) is 31.4. The van der Waals surface area contributed by atoms with Crippen molar-refractivity contribution in [3.63, 3.8) is 0 Å². The Bertz CT molecular complexity index is 3040. The molecule has 0 bridgehead atoms. The summed E-state index contributed by atoms with van der Waals surface area (Å²) in [4.78, 5) is 157. The van der Waals surface area contributed by atoms with E-state index in [0.717, 1.165) is 18.2 Å². The average Bonchev–Trinajstić information content (AvgIpc) is 3.26. The second-order valence-electron chi connectivity index (χ2n) is 12.2. The van der Waals surface area contributed by atoms with E-state index >= 15 is 0 Å². The molecule has 5 rings (SSSR count). The van der Waals surface area contributed by atoms with Crippen molar-refractivity contribution in [3.8, 4) is 0 Å². The summed E-state index contributed by atoms with van der Waals surface area (Å²) in [5.74, 6) is -8.55. The van der Waals surface area contributed by atoms with Gasteiger partial charge in [0, 0.05) is 41.4 Å². The van der Waals surface area contributed by atoms with E-state index in [0.29, 0.717) is 54.6 Å². The molecule has 0 saturated heterocycles. The van der Waals surface area contributed by atoms with Crippen LogP contribution in [0.25, 0.3) is 0 Å². The first kappa shape index (κ1) is 48.2. The van der Waals surface area contributed by atoms with Crippen molar-refractivity contribution in [2.75, 3.05) is 0 Å². The molecule has 0 spiro atoms. The van der Waals surface area contributed by atoms with Gasteiger partial charge >= 0.3 is 46.9 Å². The van der Waals surface area contributed by atoms with E-state index in [1.165, 1.54) is 12.1 Å². The second-order valence-corrected chi connectivity index (χ2v) is 13.8. The van der Waals surface area contributed by atoms with Crippen LogP contribution in [-0.2, 0) is 19.2 Å². The van der Waals surface area contributed by atoms with Crippen LogP contribution in [0.15, 0.2) is 84.9 Å². The van der Waals surface area contributed by atoms with Gasteiger partial charge in [0.15, 0.2) is 0 Å². The number of hydrogen-bond donors (Lipinski definition) is 0. The maximum absolute atomic E-state index is 13.3. The maximum Gasteiger partial charge on any atom is 0.423 e. The molecule has 0 saturated carbocycles. The molecule has 0 amide bonds. The molecule has 0 aromatic heterocycles. The average molecular weight is 994 g/mol. The highest BCUT2D eigenvalue weighted by Crippen LogP contribution is 2.36. The molecule has 0 aliphatic rings. The first-order chi connectivity index (χ1) is 31.0. The number of ether oxygens (including phenoxy) is 1. The van der Waals surface area contributed by atoms with E-state index in [1.807, 2.05) is 0 Å². The molecule has 0 aliphatic carbocycles. The van der Waals surface area contributed by atoms with Gasteiger partial charge in [0.1, 0.15) is 10.6 Å². The molecule has 0 fully saturated rings. The van der Waals surface area contributed by atoms with Gasteiger partial charge in [-0.2, -0.15) is 0 Å². The van der Waals surface area contributed by atoms with Crippen molar-refractivity contribution in [1.82, 2.24) is 0 Å². The summed E-state index contributed by atoms with van der Waals surface area (Å²) in [6, 6.07) is 9.77. The lowest BCUT2D eigenvalue weighted by atomic mass is 10.1. The molecule has 0 N–H and O–H groups in total. The number of nitro benzene ring substituents is 4. The third-order valence-electron chi connectivity index (χ3n) is 8.05. The summed E-state index contributed by atoms with van der Waals surface area (Å²) >= 11 is 24.0. The van der Waals surface area contributed by atoms with E-state index in [4.69, 9.17) is 56.0 Å². The van der Waals surface area contributed by atoms with Crippen LogP contribution < -0.4 is 0 Å². The lowest BCUT2D eigenvalue weighted by Crippen LogP contribution is -2.18. The van der Waals surface area contributed by atoms with Crippen LogP contribution in [0.4, 0.5) is 39.8 Å².